The zero-order valence-corrected chi connectivity index (χ0v) is 51.7. The third-order valence-corrected chi connectivity index (χ3v) is 15.6. The molecule has 86 heavy (non-hydrogen) atoms. The summed E-state index contributed by atoms with van der Waals surface area (Å²) in [6.07, 6.45) is 35.3. The smallest absolute Gasteiger partial charge is 0.220 e. The molecule has 0 aromatic carbocycles. The fourth-order valence-electron chi connectivity index (χ4n) is 10.3. The molecule has 0 aromatic heterocycles. The average molecular weight is 1220 g/mol. The summed E-state index contributed by atoms with van der Waals surface area (Å²) in [4.78, 5) is 13.4. The van der Waals surface area contributed by atoms with Gasteiger partial charge in [-0.05, 0) is 77.0 Å². The summed E-state index contributed by atoms with van der Waals surface area (Å²) < 4.78 is 34.2. The van der Waals surface area contributed by atoms with Gasteiger partial charge in [-0.3, -0.25) is 4.79 Å². The summed E-state index contributed by atoms with van der Waals surface area (Å²) in [6.45, 7) is 1.57. The Morgan fingerprint density at radius 3 is 1.26 bits per heavy atom. The van der Waals surface area contributed by atoms with Crippen molar-refractivity contribution in [3.63, 3.8) is 0 Å². The van der Waals surface area contributed by atoms with Crippen LogP contribution in [0.25, 0.3) is 0 Å². The van der Waals surface area contributed by atoms with Gasteiger partial charge < -0.3 is 89.9 Å². The molecule has 3 heterocycles. The van der Waals surface area contributed by atoms with Crippen LogP contribution in [0.1, 0.15) is 187 Å². The van der Waals surface area contributed by atoms with Crippen LogP contribution < -0.4 is 5.32 Å². The van der Waals surface area contributed by atoms with E-state index in [-0.39, 0.29) is 18.9 Å². The highest BCUT2D eigenvalue weighted by Gasteiger charge is 2.53. The van der Waals surface area contributed by atoms with E-state index >= 15 is 0 Å². The summed E-state index contributed by atoms with van der Waals surface area (Å²) in [5, 5.41) is 120. The van der Waals surface area contributed by atoms with E-state index in [2.05, 4.69) is 104 Å². The fourth-order valence-corrected chi connectivity index (χ4v) is 10.3. The molecule has 3 rings (SSSR count). The van der Waals surface area contributed by atoms with Gasteiger partial charge in [-0.2, -0.15) is 0 Å². The Morgan fingerprint density at radius 2 is 0.802 bits per heavy atom. The number of amides is 1. The molecule has 0 aliphatic carbocycles. The lowest BCUT2D eigenvalue weighted by Gasteiger charge is -2.48. The molecular formula is C67H113NO18. The highest BCUT2D eigenvalue weighted by atomic mass is 16.8. The van der Waals surface area contributed by atoms with Crippen LogP contribution in [0.15, 0.2) is 97.2 Å². The highest BCUT2D eigenvalue weighted by molar-refractivity contribution is 5.76. The lowest BCUT2D eigenvalue weighted by Crippen LogP contribution is -2.66. The molecule has 0 saturated carbocycles. The molecule has 17 unspecified atom stereocenters. The summed E-state index contributed by atoms with van der Waals surface area (Å²) in [7, 11) is 0. The number of ether oxygens (including phenoxy) is 6. The molecule has 0 radical (unpaired) electrons. The number of nitrogens with one attached hydrogen (secondary N) is 1. The van der Waals surface area contributed by atoms with E-state index in [1.54, 1.807) is 6.08 Å². The molecule has 3 aliphatic heterocycles. The van der Waals surface area contributed by atoms with Crippen molar-refractivity contribution in [3.05, 3.63) is 97.2 Å². The quantitative estimate of drug-likeness (QED) is 0.0210. The molecule has 12 N–H and O–H groups in total. The van der Waals surface area contributed by atoms with Crippen molar-refractivity contribution in [2.75, 3.05) is 26.4 Å². The Labute approximate surface area is 513 Å². The fraction of sp³-hybridized carbons (Fsp3) is 0.746. The minimum Gasteiger partial charge on any atom is -0.394 e. The van der Waals surface area contributed by atoms with Crippen molar-refractivity contribution in [1.29, 1.82) is 0 Å². The van der Waals surface area contributed by atoms with Gasteiger partial charge >= 0.3 is 0 Å². The highest BCUT2D eigenvalue weighted by Crippen LogP contribution is 2.33. The van der Waals surface area contributed by atoms with Gasteiger partial charge in [0.25, 0.3) is 0 Å². The van der Waals surface area contributed by atoms with Crippen LogP contribution in [-0.4, -0.2) is 193 Å². The lowest BCUT2D eigenvalue weighted by molar-refractivity contribution is -0.379. The number of aliphatic hydroxyl groups is 11. The monoisotopic (exact) mass is 1220 g/mol. The van der Waals surface area contributed by atoms with Gasteiger partial charge in [-0.15, -0.1) is 0 Å². The second-order valence-corrected chi connectivity index (χ2v) is 22.8. The number of rotatable bonds is 47. The van der Waals surface area contributed by atoms with Gasteiger partial charge in [0.1, 0.15) is 73.2 Å². The molecule has 0 aromatic rings. The third kappa shape index (κ3) is 31.0. The van der Waals surface area contributed by atoms with Gasteiger partial charge in [0.15, 0.2) is 18.9 Å². The van der Waals surface area contributed by atoms with E-state index in [0.717, 1.165) is 116 Å². The number of allylic oxidation sites excluding steroid dienone is 15. The van der Waals surface area contributed by atoms with Crippen LogP contribution in [0.5, 0.6) is 0 Å². The minimum absolute atomic E-state index is 0.224. The van der Waals surface area contributed by atoms with E-state index in [9.17, 15) is 61.0 Å². The Kier molecular flexibility index (Phi) is 43.4. The van der Waals surface area contributed by atoms with E-state index in [1.807, 2.05) is 6.08 Å². The first-order valence-electron chi connectivity index (χ1n) is 32.5. The first kappa shape index (κ1) is 77.0. The van der Waals surface area contributed by atoms with Crippen molar-refractivity contribution in [3.8, 4) is 0 Å². The van der Waals surface area contributed by atoms with Crippen LogP contribution in [0.3, 0.4) is 0 Å². The largest absolute Gasteiger partial charge is 0.394 e. The van der Waals surface area contributed by atoms with Gasteiger partial charge in [0, 0.05) is 6.42 Å². The Morgan fingerprint density at radius 1 is 0.430 bits per heavy atom. The molecule has 1 amide bonds. The number of aliphatic hydroxyl groups excluding tert-OH is 11. The first-order chi connectivity index (χ1) is 41.8. The van der Waals surface area contributed by atoms with Gasteiger partial charge in [0.05, 0.1) is 38.6 Å². The van der Waals surface area contributed by atoms with Crippen molar-refractivity contribution >= 4 is 5.91 Å². The lowest BCUT2D eigenvalue weighted by atomic mass is 9.96. The van der Waals surface area contributed by atoms with Gasteiger partial charge in [-0.1, -0.05) is 201 Å². The van der Waals surface area contributed by atoms with Crippen LogP contribution >= 0.6 is 0 Å². The summed E-state index contributed by atoms with van der Waals surface area (Å²) >= 11 is 0. The maximum Gasteiger partial charge on any atom is 0.220 e. The number of hydrogen-bond acceptors (Lipinski definition) is 18. The van der Waals surface area contributed by atoms with E-state index < -0.39 is 124 Å². The van der Waals surface area contributed by atoms with Crippen molar-refractivity contribution in [1.82, 2.24) is 5.32 Å². The Balaban J connectivity index is 1.43. The maximum absolute atomic E-state index is 13.4. The molecule has 17 atom stereocenters. The molecule has 0 spiro atoms. The van der Waals surface area contributed by atoms with Gasteiger partial charge in [-0.25, -0.2) is 0 Å². The molecule has 0 bridgehead atoms. The standard InChI is InChI=1S/C67H113NO18/c1-3-5-7-9-11-13-15-17-18-19-20-21-22-23-24-25-26-27-28-29-30-31-32-33-35-37-39-41-43-45-55(73)68-50(51(72)44-42-40-38-36-34-16-14-12-10-8-6-4-2)49-81-65-61(79)58(76)63(53(47-70)83-65)86-67-62(80)59(77)64(54(48-71)84-67)85-66-60(78)57(75)56(74)52(46-69)82-66/h5,7,11,13,17-18,20-21,23-24,26-27,29-30,42,44,50-54,56-67,69-72,74-80H,3-4,6,8-10,12,14-16,19,22,25,28,31-41,43,45-49H2,1-2H3,(H,68,73)/b7-5-,13-11-,18-17-,21-20-,24-23-,27-26-,30-29-,44-42+. The zero-order valence-electron chi connectivity index (χ0n) is 51.7. The average Bonchev–Trinajstić information content (AvgIpc) is 2.62. The van der Waals surface area contributed by atoms with E-state index in [1.165, 1.54) is 44.9 Å². The molecule has 3 fully saturated rings. The summed E-state index contributed by atoms with van der Waals surface area (Å²) in [6, 6.07) is -0.985. The Hall–Kier alpha value is -3.29. The summed E-state index contributed by atoms with van der Waals surface area (Å²) in [5.41, 5.74) is 0. The molecule has 3 aliphatic rings. The summed E-state index contributed by atoms with van der Waals surface area (Å²) in [5.74, 6) is -0.293. The SMILES string of the molecule is CC/C=C\C/C=C\C/C=C\C/C=C\C/C=C\C/C=C\C/C=C\CCCCCCCCCC(=O)NC(COC1OC(CO)C(OC2OC(CO)C(OC3OC(CO)C(O)C(O)C3O)C(O)C2O)C(O)C1O)C(O)/C=C/CCCCCCCCCCCC. The van der Waals surface area contributed by atoms with E-state index in [4.69, 9.17) is 28.4 Å². The van der Waals surface area contributed by atoms with Crippen molar-refractivity contribution < 1.29 is 89.4 Å². The topological polar surface area (TPSA) is 307 Å². The minimum atomic E-state index is -1.98. The number of unbranched alkanes of at least 4 members (excludes halogenated alkanes) is 17. The number of hydrogen-bond donors (Lipinski definition) is 12. The second-order valence-electron chi connectivity index (χ2n) is 22.8. The number of carbonyl (C=O) groups excluding carboxylic acids is 1. The molecule has 19 nitrogen and oxygen atoms in total. The second kappa shape index (κ2) is 48.5. The molecule has 19 heteroatoms. The predicted octanol–water partition coefficient (Wildman–Crippen LogP) is 7.32. The van der Waals surface area contributed by atoms with Crippen LogP contribution in [0, 0.1) is 0 Å². The number of carbonyl (C=O) groups is 1. The normalized spacial score (nSPS) is 29.4. The van der Waals surface area contributed by atoms with Crippen LogP contribution in [-0.2, 0) is 33.2 Å². The Bertz CT molecular complexity index is 1940. The first-order valence-corrected chi connectivity index (χ1v) is 32.5. The molecule has 494 valence electrons. The van der Waals surface area contributed by atoms with Crippen LogP contribution in [0.4, 0.5) is 0 Å². The predicted molar refractivity (Wildman–Crippen MR) is 332 cm³/mol. The van der Waals surface area contributed by atoms with Crippen molar-refractivity contribution in [2.45, 2.75) is 291 Å². The maximum atomic E-state index is 13.4. The molecular weight excluding hydrogens is 1110 g/mol. The van der Waals surface area contributed by atoms with Crippen LogP contribution in [0.2, 0.25) is 0 Å². The zero-order chi connectivity index (χ0) is 62.6. The van der Waals surface area contributed by atoms with Crippen molar-refractivity contribution in [2.24, 2.45) is 0 Å². The van der Waals surface area contributed by atoms with Gasteiger partial charge in [0.2, 0.25) is 5.91 Å². The van der Waals surface area contributed by atoms with E-state index in [0.29, 0.717) is 6.42 Å². The third-order valence-electron chi connectivity index (χ3n) is 15.6. The molecule has 3 saturated heterocycles.